The van der Waals surface area contributed by atoms with Crippen LogP contribution in [0.25, 0.3) is 0 Å². The first kappa shape index (κ1) is 18.5. The van der Waals surface area contributed by atoms with Gasteiger partial charge in [0, 0.05) is 6.42 Å². The topological polar surface area (TPSA) is 38.3 Å². The molecule has 0 bridgehead atoms. The van der Waals surface area contributed by atoms with E-state index in [-0.39, 0.29) is 11.3 Å². The predicted molar refractivity (Wildman–Crippen MR) is 93.5 cm³/mol. The van der Waals surface area contributed by atoms with Crippen LogP contribution in [0.4, 0.5) is 5.69 Å². The van der Waals surface area contributed by atoms with E-state index in [9.17, 15) is 4.79 Å². The van der Waals surface area contributed by atoms with E-state index in [1.807, 2.05) is 12.1 Å². The van der Waals surface area contributed by atoms with E-state index in [1.54, 1.807) is 0 Å². The van der Waals surface area contributed by atoms with Crippen LogP contribution in [0.5, 0.6) is 5.75 Å². The van der Waals surface area contributed by atoms with Gasteiger partial charge in [0.25, 0.3) is 0 Å². The number of aryl methyl sites for hydroxylation is 1. The summed E-state index contributed by atoms with van der Waals surface area (Å²) >= 11 is 0. The van der Waals surface area contributed by atoms with E-state index in [0.29, 0.717) is 13.0 Å². The number of carbonyl (C=O) groups is 1. The first-order valence-electron chi connectivity index (χ1n) is 8.42. The summed E-state index contributed by atoms with van der Waals surface area (Å²) in [5.74, 6) is 0.890. The number of rotatable bonds is 8. The molecule has 0 atom stereocenters. The second kappa shape index (κ2) is 8.82. The van der Waals surface area contributed by atoms with E-state index in [1.165, 1.54) is 5.56 Å². The molecule has 0 radical (unpaired) electrons. The summed E-state index contributed by atoms with van der Waals surface area (Å²) in [4.78, 5) is 12.2. The molecule has 0 spiro atoms. The van der Waals surface area contributed by atoms with Crippen LogP contribution >= 0.6 is 0 Å². The van der Waals surface area contributed by atoms with Gasteiger partial charge < -0.3 is 10.1 Å². The maximum Gasteiger partial charge on any atom is 0.224 e. The van der Waals surface area contributed by atoms with Gasteiger partial charge in [0.2, 0.25) is 5.91 Å². The summed E-state index contributed by atoms with van der Waals surface area (Å²) in [6, 6.07) is 6.01. The Labute approximate surface area is 135 Å². The van der Waals surface area contributed by atoms with Crippen molar-refractivity contribution in [1.82, 2.24) is 0 Å². The van der Waals surface area contributed by atoms with Crippen LogP contribution in [-0.4, -0.2) is 12.5 Å². The Morgan fingerprint density at radius 1 is 1.18 bits per heavy atom. The van der Waals surface area contributed by atoms with Crippen molar-refractivity contribution in [1.29, 1.82) is 0 Å². The number of amides is 1. The van der Waals surface area contributed by atoms with E-state index in [4.69, 9.17) is 4.74 Å². The maximum absolute atomic E-state index is 12.2. The zero-order chi connectivity index (χ0) is 16.6. The van der Waals surface area contributed by atoms with Gasteiger partial charge in [-0.1, -0.05) is 59.6 Å². The Kier molecular flexibility index (Phi) is 7.43. The maximum atomic E-state index is 12.2. The molecular formula is C19H31NO2. The number of unbranched alkanes of at least 4 members (excludes halogenated alkanes) is 1. The van der Waals surface area contributed by atoms with E-state index in [0.717, 1.165) is 37.1 Å². The molecule has 1 rings (SSSR count). The second-order valence-electron chi connectivity index (χ2n) is 7.03. The van der Waals surface area contributed by atoms with Crippen LogP contribution in [0.2, 0.25) is 0 Å². The average Bonchev–Trinajstić information content (AvgIpc) is 2.40. The molecule has 0 aromatic heterocycles. The molecule has 0 aliphatic carbocycles. The van der Waals surface area contributed by atoms with Crippen molar-refractivity contribution < 1.29 is 9.53 Å². The van der Waals surface area contributed by atoms with Crippen LogP contribution in [0.1, 0.15) is 65.9 Å². The molecule has 0 unspecified atom stereocenters. The Bertz CT molecular complexity index is 475. The Morgan fingerprint density at radius 2 is 1.91 bits per heavy atom. The monoisotopic (exact) mass is 305 g/mol. The lowest BCUT2D eigenvalue weighted by Gasteiger charge is -2.20. The fourth-order valence-corrected chi connectivity index (χ4v) is 2.31. The summed E-state index contributed by atoms with van der Waals surface area (Å²) in [6.45, 7) is 11.2. The van der Waals surface area contributed by atoms with Crippen molar-refractivity contribution in [2.24, 2.45) is 5.41 Å². The van der Waals surface area contributed by atoms with Crippen molar-refractivity contribution in [3.63, 3.8) is 0 Å². The molecule has 0 saturated heterocycles. The van der Waals surface area contributed by atoms with E-state index in [2.05, 4.69) is 46.0 Å². The second-order valence-corrected chi connectivity index (χ2v) is 7.03. The minimum absolute atomic E-state index is 0.0195. The summed E-state index contributed by atoms with van der Waals surface area (Å²) < 4.78 is 5.98. The third-order valence-electron chi connectivity index (χ3n) is 3.33. The van der Waals surface area contributed by atoms with Gasteiger partial charge in [-0.25, -0.2) is 0 Å². The lowest BCUT2D eigenvalue weighted by atomic mass is 9.92. The third kappa shape index (κ3) is 6.50. The highest BCUT2D eigenvalue weighted by atomic mass is 16.5. The van der Waals surface area contributed by atoms with E-state index >= 15 is 0 Å². The minimum atomic E-state index is -0.0195. The molecule has 0 saturated carbocycles. The summed E-state index contributed by atoms with van der Waals surface area (Å²) in [6.07, 6.45) is 4.64. The number of benzene rings is 1. The molecule has 22 heavy (non-hydrogen) atoms. The highest BCUT2D eigenvalue weighted by molar-refractivity contribution is 5.92. The largest absolute Gasteiger partial charge is 0.491 e. The summed E-state index contributed by atoms with van der Waals surface area (Å²) in [5, 5.41) is 3.03. The number of anilines is 1. The van der Waals surface area contributed by atoms with Crippen LogP contribution < -0.4 is 10.1 Å². The zero-order valence-electron chi connectivity index (χ0n) is 14.8. The standard InChI is InChI=1S/C19H31NO2/c1-6-8-13-22-18-15(10-7-2)11-9-12-16(18)20-17(21)14-19(3,4)5/h9,11-12H,6-8,10,13-14H2,1-5H3,(H,20,21). The lowest BCUT2D eigenvalue weighted by molar-refractivity contribution is -0.117. The van der Waals surface area contributed by atoms with Gasteiger partial charge >= 0.3 is 0 Å². The van der Waals surface area contributed by atoms with Crippen molar-refractivity contribution in [2.45, 2.75) is 66.7 Å². The van der Waals surface area contributed by atoms with Gasteiger partial charge in [0.05, 0.1) is 12.3 Å². The number of carbonyl (C=O) groups excluding carboxylic acids is 1. The normalized spacial score (nSPS) is 11.3. The summed E-state index contributed by atoms with van der Waals surface area (Å²) in [5.41, 5.74) is 1.96. The molecule has 1 amide bonds. The van der Waals surface area contributed by atoms with Gasteiger partial charge in [-0.05, 0) is 29.9 Å². The van der Waals surface area contributed by atoms with Crippen molar-refractivity contribution in [3.05, 3.63) is 23.8 Å². The first-order valence-corrected chi connectivity index (χ1v) is 8.42. The van der Waals surface area contributed by atoms with Crippen LogP contribution in [0, 0.1) is 5.41 Å². The molecule has 1 aromatic rings. The molecule has 1 N–H and O–H groups in total. The number of hydrogen-bond donors (Lipinski definition) is 1. The molecule has 0 aliphatic rings. The van der Waals surface area contributed by atoms with Crippen molar-refractivity contribution >= 4 is 11.6 Å². The smallest absolute Gasteiger partial charge is 0.224 e. The van der Waals surface area contributed by atoms with E-state index < -0.39 is 0 Å². The Hall–Kier alpha value is -1.51. The first-order chi connectivity index (χ1) is 10.4. The fourth-order valence-electron chi connectivity index (χ4n) is 2.31. The number of nitrogens with one attached hydrogen (secondary N) is 1. The predicted octanol–water partition coefficient (Wildman–Crippen LogP) is 5.19. The molecule has 1 aromatic carbocycles. The van der Waals surface area contributed by atoms with Crippen molar-refractivity contribution in [3.8, 4) is 5.75 Å². The average molecular weight is 305 g/mol. The van der Waals surface area contributed by atoms with Gasteiger partial charge in [-0.2, -0.15) is 0 Å². The Balaban J connectivity index is 2.91. The minimum Gasteiger partial charge on any atom is -0.491 e. The summed E-state index contributed by atoms with van der Waals surface area (Å²) in [7, 11) is 0. The molecule has 3 heteroatoms. The molecule has 124 valence electrons. The third-order valence-corrected chi connectivity index (χ3v) is 3.33. The van der Waals surface area contributed by atoms with Crippen LogP contribution in [0.3, 0.4) is 0 Å². The van der Waals surface area contributed by atoms with Gasteiger partial charge in [0.1, 0.15) is 5.75 Å². The number of hydrogen-bond acceptors (Lipinski definition) is 2. The fraction of sp³-hybridized carbons (Fsp3) is 0.632. The lowest BCUT2D eigenvalue weighted by Crippen LogP contribution is -2.20. The zero-order valence-corrected chi connectivity index (χ0v) is 14.8. The number of para-hydroxylation sites is 1. The van der Waals surface area contributed by atoms with Gasteiger partial charge in [-0.3, -0.25) is 4.79 Å². The molecule has 0 fully saturated rings. The van der Waals surface area contributed by atoms with Gasteiger partial charge in [0.15, 0.2) is 0 Å². The van der Waals surface area contributed by atoms with Crippen LogP contribution in [-0.2, 0) is 11.2 Å². The molecule has 0 aliphatic heterocycles. The molecular weight excluding hydrogens is 274 g/mol. The highest BCUT2D eigenvalue weighted by Gasteiger charge is 2.18. The quantitative estimate of drug-likeness (QED) is 0.671. The SMILES string of the molecule is CCCCOc1c(CCC)cccc1NC(=O)CC(C)(C)C. The molecule has 0 heterocycles. The highest BCUT2D eigenvalue weighted by Crippen LogP contribution is 2.31. The Morgan fingerprint density at radius 3 is 2.50 bits per heavy atom. The van der Waals surface area contributed by atoms with Gasteiger partial charge in [-0.15, -0.1) is 0 Å². The van der Waals surface area contributed by atoms with Crippen molar-refractivity contribution in [2.75, 3.05) is 11.9 Å². The molecule has 3 nitrogen and oxygen atoms in total. The number of ether oxygens (including phenoxy) is 1. The van der Waals surface area contributed by atoms with Crippen LogP contribution in [0.15, 0.2) is 18.2 Å².